The molecule has 1 heterocycles. The van der Waals surface area contributed by atoms with Crippen LogP contribution in [0.3, 0.4) is 0 Å². The van der Waals surface area contributed by atoms with Crippen LogP contribution in [0.2, 0.25) is 10.0 Å². The van der Waals surface area contributed by atoms with Crippen molar-refractivity contribution >= 4 is 29.2 Å². The number of ether oxygens (including phenoxy) is 1. The summed E-state index contributed by atoms with van der Waals surface area (Å²) >= 11 is 12.1. The molecule has 4 unspecified atom stereocenters. The molecule has 2 aromatic carbocycles. The maximum Gasteiger partial charge on any atom is 0.324 e. The molecule has 3 rings (SSSR count). The molecular formula is C26H32Cl2F2N2O2. The zero-order chi connectivity index (χ0) is 25.6. The standard InChI is InChI=1S/C26H32Cl2F2N2O2/c1-24(2,3)13-19-26(31,14-10-11-16(27)18(29)12-14)20(15-8-7-9-17(28)21(15)30)22(32-19)23(33)34-25(4,5)6/h7-12,19-20,22,32H,13,31H2,1-6H3. The predicted molar refractivity (Wildman–Crippen MR) is 132 cm³/mol. The van der Waals surface area contributed by atoms with Gasteiger partial charge >= 0.3 is 5.97 Å². The van der Waals surface area contributed by atoms with Gasteiger partial charge in [-0.2, -0.15) is 0 Å². The maximum absolute atomic E-state index is 15.4. The Bertz CT molecular complexity index is 1080. The third-order valence-corrected chi connectivity index (χ3v) is 6.62. The highest BCUT2D eigenvalue weighted by Gasteiger charge is 2.58. The molecule has 4 nitrogen and oxygen atoms in total. The van der Waals surface area contributed by atoms with Crippen LogP contribution in [-0.2, 0) is 15.1 Å². The fourth-order valence-corrected chi connectivity index (χ4v) is 5.00. The van der Waals surface area contributed by atoms with Gasteiger partial charge in [-0.25, -0.2) is 8.78 Å². The molecule has 0 aromatic heterocycles. The summed E-state index contributed by atoms with van der Waals surface area (Å²) in [6.07, 6.45) is 0.520. The van der Waals surface area contributed by atoms with Gasteiger partial charge in [0.2, 0.25) is 0 Å². The Morgan fingerprint density at radius 2 is 1.74 bits per heavy atom. The Labute approximate surface area is 210 Å². The molecule has 1 aliphatic rings. The number of nitrogens with one attached hydrogen (secondary N) is 1. The molecule has 0 amide bonds. The van der Waals surface area contributed by atoms with Crippen molar-refractivity contribution in [3.63, 3.8) is 0 Å². The monoisotopic (exact) mass is 512 g/mol. The highest BCUT2D eigenvalue weighted by atomic mass is 35.5. The van der Waals surface area contributed by atoms with Gasteiger partial charge in [-0.15, -0.1) is 0 Å². The van der Waals surface area contributed by atoms with Crippen molar-refractivity contribution in [1.82, 2.24) is 5.32 Å². The molecule has 186 valence electrons. The summed E-state index contributed by atoms with van der Waals surface area (Å²) < 4.78 is 35.7. The Balaban J connectivity index is 2.28. The molecule has 3 N–H and O–H groups in total. The largest absolute Gasteiger partial charge is 0.459 e. The van der Waals surface area contributed by atoms with E-state index in [1.165, 1.54) is 18.2 Å². The summed E-state index contributed by atoms with van der Waals surface area (Å²) in [6.45, 7) is 11.4. The van der Waals surface area contributed by atoms with Gasteiger partial charge in [0.1, 0.15) is 23.3 Å². The summed E-state index contributed by atoms with van der Waals surface area (Å²) in [5.41, 5.74) is 5.33. The van der Waals surface area contributed by atoms with E-state index in [4.69, 9.17) is 33.7 Å². The van der Waals surface area contributed by atoms with Crippen molar-refractivity contribution in [2.75, 3.05) is 0 Å². The van der Waals surface area contributed by atoms with E-state index in [-0.39, 0.29) is 21.0 Å². The van der Waals surface area contributed by atoms with Crippen molar-refractivity contribution < 1.29 is 18.3 Å². The number of rotatable bonds is 4. The molecule has 4 atom stereocenters. The van der Waals surface area contributed by atoms with E-state index >= 15 is 4.39 Å². The highest BCUT2D eigenvalue weighted by Crippen LogP contribution is 2.49. The molecule has 0 aliphatic carbocycles. The van der Waals surface area contributed by atoms with Crippen molar-refractivity contribution in [3.05, 3.63) is 69.2 Å². The van der Waals surface area contributed by atoms with Gasteiger partial charge in [0, 0.05) is 12.0 Å². The molecule has 0 saturated carbocycles. The minimum atomic E-state index is -1.38. The fourth-order valence-electron chi connectivity index (χ4n) is 4.70. The lowest BCUT2D eigenvalue weighted by atomic mass is 9.68. The minimum absolute atomic E-state index is 0.0557. The highest BCUT2D eigenvalue weighted by molar-refractivity contribution is 6.31. The van der Waals surface area contributed by atoms with Gasteiger partial charge in [-0.05, 0) is 61.9 Å². The molecule has 0 bridgehead atoms. The Morgan fingerprint density at radius 3 is 2.29 bits per heavy atom. The van der Waals surface area contributed by atoms with E-state index in [0.29, 0.717) is 12.0 Å². The minimum Gasteiger partial charge on any atom is -0.459 e. The van der Waals surface area contributed by atoms with Gasteiger partial charge in [0.05, 0.1) is 15.6 Å². The van der Waals surface area contributed by atoms with E-state index in [1.54, 1.807) is 39.0 Å². The van der Waals surface area contributed by atoms with E-state index in [2.05, 4.69) is 5.32 Å². The Kier molecular flexibility index (Phi) is 7.41. The lowest BCUT2D eigenvalue weighted by Crippen LogP contribution is -2.52. The van der Waals surface area contributed by atoms with E-state index in [9.17, 15) is 9.18 Å². The average molecular weight is 513 g/mol. The van der Waals surface area contributed by atoms with Gasteiger partial charge in [0.15, 0.2) is 0 Å². The second-order valence-corrected chi connectivity index (χ2v) is 12.0. The van der Waals surface area contributed by atoms with Gasteiger partial charge in [-0.3, -0.25) is 10.1 Å². The number of carbonyl (C=O) groups is 1. The summed E-state index contributed by atoms with van der Waals surface area (Å²) in [5, 5.41) is 3.17. The van der Waals surface area contributed by atoms with Crippen molar-refractivity contribution in [3.8, 4) is 0 Å². The van der Waals surface area contributed by atoms with Crippen LogP contribution in [0.4, 0.5) is 8.78 Å². The van der Waals surface area contributed by atoms with Gasteiger partial charge < -0.3 is 10.5 Å². The normalized spacial score (nSPS) is 25.4. The second kappa shape index (κ2) is 9.38. The molecule has 1 aliphatic heterocycles. The van der Waals surface area contributed by atoms with Crippen molar-refractivity contribution in [2.45, 2.75) is 77.1 Å². The Morgan fingerprint density at radius 1 is 1.09 bits per heavy atom. The summed E-state index contributed by atoms with van der Waals surface area (Å²) in [5.74, 6) is -2.83. The number of nitrogens with two attached hydrogens (primary N) is 1. The van der Waals surface area contributed by atoms with Crippen LogP contribution in [-0.4, -0.2) is 23.7 Å². The number of benzene rings is 2. The average Bonchev–Trinajstić information content (AvgIpc) is 2.97. The number of halogens is 4. The smallest absolute Gasteiger partial charge is 0.324 e. The number of hydrogen-bond acceptors (Lipinski definition) is 4. The molecule has 2 aromatic rings. The van der Waals surface area contributed by atoms with Crippen LogP contribution >= 0.6 is 23.2 Å². The molecule has 1 saturated heterocycles. The lowest BCUT2D eigenvalue weighted by Gasteiger charge is -2.39. The molecule has 0 radical (unpaired) electrons. The fraction of sp³-hybridized carbons (Fsp3) is 0.500. The van der Waals surface area contributed by atoms with Crippen LogP contribution in [0.1, 0.15) is 65.0 Å². The lowest BCUT2D eigenvalue weighted by molar-refractivity contribution is -0.157. The summed E-state index contributed by atoms with van der Waals surface area (Å²) in [7, 11) is 0. The SMILES string of the molecule is CC(C)(C)CC1NC(C(=O)OC(C)(C)C)C(c2cccc(Cl)c2F)C1(N)c1ccc(Cl)c(F)c1. The van der Waals surface area contributed by atoms with Crippen LogP contribution in [0.25, 0.3) is 0 Å². The van der Waals surface area contributed by atoms with Crippen LogP contribution in [0.15, 0.2) is 36.4 Å². The third-order valence-electron chi connectivity index (χ3n) is 6.02. The zero-order valence-electron chi connectivity index (χ0n) is 20.3. The molecular weight excluding hydrogens is 481 g/mol. The van der Waals surface area contributed by atoms with E-state index < -0.39 is 46.7 Å². The van der Waals surface area contributed by atoms with Crippen LogP contribution in [0.5, 0.6) is 0 Å². The van der Waals surface area contributed by atoms with Crippen molar-refractivity contribution in [1.29, 1.82) is 0 Å². The second-order valence-electron chi connectivity index (χ2n) is 11.2. The van der Waals surface area contributed by atoms with Gasteiger partial charge in [0.25, 0.3) is 0 Å². The summed E-state index contributed by atoms with van der Waals surface area (Å²) in [4.78, 5) is 13.4. The zero-order valence-corrected chi connectivity index (χ0v) is 21.8. The van der Waals surface area contributed by atoms with Crippen LogP contribution < -0.4 is 11.1 Å². The third kappa shape index (κ3) is 5.40. The van der Waals surface area contributed by atoms with Crippen LogP contribution in [0, 0.1) is 17.0 Å². The topological polar surface area (TPSA) is 64.3 Å². The quantitative estimate of drug-likeness (QED) is 0.469. The first-order chi connectivity index (χ1) is 15.5. The van der Waals surface area contributed by atoms with E-state index in [0.717, 1.165) is 0 Å². The van der Waals surface area contributed by atoms with E-state index in [1.807, 2.05) is 20.8 Å². The Hall–Kier alpha value is -1.73. The van der Waals surface area contributed by atoms with Crippen molar-refractivity contribution in [2.24, 2.45) is 11.1 Å². The number of carbonyl (C=O) groups excluding carboxylic acids is 1. The van der Waals surface area contributed by atoms with Gasteiger partial charge in [-0.1, -0.05) is 62.2 Å². The first-order valence-electron chi connectivity index (χ1n) is 11.2. The molecule has 0 spiro atoms. The molecule has 1 fully saturated rings. The summed E-state index contributed by atoms with van der Waals surface area (Å²) in [6, 6.07) is 7.37. The molecule has 8 heteroatoms. The molecule has 34 heavy (non-hydrogen) atoms. The first-order valence-corrected chi connectivity index (χ1v) is 12.0. The first kappa shape index (κ1) is 26.9. The predicted octanol–water partition coefficient (Wildman–Crippen LogP) is 6.33. The number of esters is 1. The maximum atomic E-state index is 15.4. The number of hydrogen-bond donors (Lipinski definition) is 2.